The van der Waals surface area contributed by atoms with E-state index in [0.29, 0.717) is 16.7 Å². The Morgan fingerprint density at radius 3 is 1.93 bits per heavy atom. The molecule has 2 rings (SSSR count). The van der Waals surface area contributed by atoms with E-state index in [1.54, 1.807) is 19.1 Å². The summed E-state index contributed by atoms with van der Waals surface area (Å²) in [5.74, 6) is 0.0649. The van der Waals surface area contributed by atoms with Crippen molar-refractivity contribution in [1.29, 1.82) is 0 Å². The number of unbranched alkanes of at least 4 members (excludes halogenated alkanes) is 8. The molecule has 0 heterocycles. The summed E-state index contributed by atoms with van der Waals surface area (Å²) in [6.07, 6.45) is 23.0. The molecule has 0 aliphatic heterocycles. The van der Waals surface area contributed by atoms with Gasteiger partial charge in [0, 0.05) is 22.3 Å². The van der Waals surface area contributed by atoms with Crippen LogP contribution in [0.1, 0.15) is 112 Å². The molecule has 2 heteroatoms. The lowest BCUT2D eigenvalue weighted by molar-refractivity contribution is 0.0971. The van der Waals surface area contributed by atoms with Crippen molar-refractivity contribution >= 4 is 11.6 Å². The van der Waals surface area contributed by atoms with E-state index in [9.17, 15) is 9.59 Å². The number of rotatable bonds is 14. The molecule has 162 valence electrons. The Kier molecular flexibility index (Phi) is 11.1. The Morgan fingerprint density at radius 2 is 1.27 bits per heavy atom. The van der Waals surface area contributed by atoms with Crippen LogP contribution in [0.2, 0.25) is 0 Å². The SMILES string of the molecule is CCCCC/C=C/C/C=C/CCCCCCCC1=C(C)C(=O)c2ccccc2C1=O. The van der Waals surface area contributed by atoms with Crippen molar-refractivity contribution in [3.05, 3.63) is 70.8 Å². The van der Waals surface area contributed by atoms with Gasteiger partial charge in [-0.15, -0.1) is 0 Å². The molecule has 1 aromatic carbocycles. The first-order valence-electron chi connectivity index (χ1n) is 11.8. The third kappa shape index (κ3) is 7.55. The fourth-order valence-electron chi connectivity index (χ4n) is 3.97. The molecule has 0 fully saturated rings. The zero-order valence-corrected chi connectivity index (χ0v) is 18.9. The van der Waals surface area contributed by atoms with Gasteiger partial charge < -0.3 is 0 Å². The molecule has 2 nitrogen and oxygen atoms in total. The van der Waals surface area contributed by atoms with Crippen LogP contribution in [0.4, 0.5) is 0 Å². The van der Waals surface area contributed by atoms with Gasteiger partial charge in [-0.3, -0.25) is 9.59 Å². The van der Waals surface area contributed by atoms with Crippen molar-refractivity contribution in [3.8, 4) is 0 Å². The van der Waals surface area contributed by atoms with Crippen molar-refractivity contribution in [2.75, 3.05) is 0 Å². The summed E-state index contributed by atoms with van der Waals surface area (Å²) in [5.41, 5.74) is 2.50. The largest absolute Gasteiger partial charge is 0.289 e. The van der Waals surface area contributed by atoms with E-state index in [4.69, 9.17) is 0 Å². The molecule has 1 aliphatic rings. The van der Waals surface area contributed by atoms with Crippen LogP contribution in [0.3, 0.4) is 0 Å². The van der Waals surface area contributed by atoms with Crippen LogP contribution in [0.5, 0.6) is 0 Å². The Hall–Kier alpha value is -2.22. The fourth-order valence-corrected chi connectivity index (χ4v) is 3.97. The zero-order valence-electron chi connectivity index (χ0n) is 18.9. The van der Waals surface area contributed by atoms with Gasteiger partial charge in [0.15, 0.2) is 11.6 Å². The molecule has 0 saturated heterocycles. The molecule has 0 N–H and O–H groups in total. The Balaban J connectivity index is 1.57. The molecule has 1 aliphatic carbocycles. The summed E-state index contributed by atoms with van der Waals surface area (Å²) in [7, 11) is 0. The average Bonchev–Trinajstić information content (AvgIpc) is 2.77. The molecule has 0 unspecified atom stereocenters. The van der Waals surface area contributed by atoms with Crippen LogP contribution in [0, 0.1) is 0 Å². The molecular formula is C28H38O2. The van der Waals surface area contributed by atoms with E-state index in [0.717, 1.165) is 37.7 Å². The molecule has 1 aromatic rings. The van der Waals surface area contributed by atoms with E-state index < -0.39 is 0 Å². The van der Waals surface area contributed by atoms with Crippen molar-refractivity contribution in [1.82, 2.24) is 0 Å². The molecular weight excluding hydrogens is 368 g/mol. The average molecular weight is 407 g/mol. The van der Waals surface area contributed by atoms with Crippen molar-refractivity contribution in [2.24, 2.45) is 0 Å². The number of ketones is 2. The highest BCUT2D eigenvalue weighted by Gasteiger charge is 2.28. The third-order valence-electron chi connectivity index (χ3n) is 5.86. The lowest BCUT2D eigenvalue weighted by Gasteiger charge is -2.18. The first-order valence-corrected chi connectivity index (χ1v) is 11.8. The monoisotopic (exact) mass is 406 g/mol. The van der Waals surface area contributed by atoms with Gasteiger partial charge in [0.05, 0.1) is 0 Å². The topological polar surface area (TPSA) is 34.1 Å². The highest BCUT2D eigenvalue weighted by Crippen LogP contribution is 2.29. The summed E-state index contributed by atoms with van der Waals surface area (Å²) in [6, 6.07) is 7.19. The van der Waals surface area contributed by atoms with Gasteiger partial charge in [-0.25, -0.2) is 0 Å². The predicted octanol–water partition coefficient (Wildman–Crippen LogP) is 8.20. The summed E-state index contributed by atoms with van der Waals surface area (Å²) in [5, 5.41) is 0. The summed E-state index contributed by atoms with van der Waals surface area (Å²) in [6.45, 7) is 4.04. The normalized spacial score (nSPS) is 14.3. The standard InChI is InChI=1S/C28H38O2/c1-3-4-5-6-7-8-9-10-11-12-13-14-15-16-17-20-24-23(2)27(29)25-21-18-19-22-26(25)28(24)30/h7-8,10-11,18-19,21-22H,3-6,9,12-17,20H2,1-2H3/b8-7+,11-10+. The lowest BCUT2D eigenvalue weighted by Crippen LogP contribution is -2.20. The van der Waals surface area contributed by atoms with Crippen LogP contribution < -0.4 is 0 Å². The second-order valence-corrected chi connectivity index (χ2v) is 8.29. The number of benzene rings is 1. The van der Waals surface area contributed by atoms with Gasteiger partial charge in [-0.1, -0.05) is 87.6 Å². The summed E-state index contributed by atoms with van der Waals surface area (Å²) < 4.78 is 0. The Bertz CT molecular complexity index is 780. The van der Waals surface area contributed by atoms with Crippen LogP contribution in [0.25, 0.3) is 0 Å². The lowest BCUT2D eigenvalue weighted by atomic mass is 9.82. The number of Topliss-reactive ketones (excluding diaryl/α,β-unsaturated/α-hetero) is 2. The number of carbonyl (C=O) groups excluding carboxylic acids is 2. The number of allylic oxidation sites excluding steroid dienone is 6. The van der Waals surface area contributed by atoms with Gasteiger partial charge in [0.2, 0.25) is 0 Å². The third-order valence-corrected chi connectivity index (χ3v) is 5.86. The second kappa shape index (κ2) is 13.9. The maximum absolute atomic E-state index is 12.7. The van der Waals surface area contributed by atoms with Crippen LogP contribution in [0.15, 0.2) is 59.7 Å². The maximum Gasteiger partial charge on any atom is 0.190 e. The van der Waals surface area contributed by atoms with E-state index in [2.05, 4.69) is 31.2 Å². The van der Waals surface area contributed by atoms with Crippen LogP contribution in [-0.2, 0) is 0 Å². The molecule has 0 aromatic heterocycles. The minimum atomic E-state index is 0.0165. The first-order chi connectivity index (χ1) is 14.7. The first kappa shape index (κ1) is 24.1. The van der Waals surface area contributed by atoms with E-state index in [1.807, 2.05) is 12.1 Å². The van der Waals surface area contributed by atoms with Crippen molar-refractivity contribution in [3.63, 3.8) is 0 Å². The Morgan fingerprint density at radius 1 is 0.700 bits per heavy atom. The second-order valence-electron chi connectivity index (χ2n) is 8.29. The molecule has 30 heavy (non-hydrogen) atoms. The summed E-state index contributed by atoms with van der Waals surface area (Å²) >= 11 is 0. The van der Waals surface area contributed by atoms with Crippen molar-refractivity contribution < 1.29 is 9.59 Å². The highest BCUT2D eigenvalue weighted by molar-refractivity contribution is 6.26. The summed E-state index contributed by atoms with van der Waals surface area (Å²) in [4.78, 5) is 25.2. The van der Waals surface area contributed by atoms with E-state index in [-0.39, 0.29) is 11.6 Å². The van der Waals surface area contributed by atoms with Crippen LogP contribution in [-0.4, -0.2) is 11.6 Å². The minimum absolute atomic E-state index is 0.0165. The number of fused-ring (bicyclic) bond motifs is 1. The maximum atomic E-state index is 12.7. The van der Waals surface area contributed by atoms with Gasteiger partial charge in [0.25, 0.3) is 0 Å². The molecule has 0 amide bonds. The fraction of sp³-hybridized carbons (Fsp3) is 0.500. The van der Waals surface area contributed by atoms with Gasteiger partial charge in [-0.2, -0.15) is 0 Å². The molecule has 0 radical (unpaired) electrons. The number of carbonyl (C=O) groups is 2. The number of hydrogen-bond acceptors (Lipinski definition) is 2. The predicted molar refractivity (Wildman–Crippen MR) is 127 cm³/mol. The zero-order chi connectivity index (χ0) is 21.6. The van der Waals surface area contributed by atoms with Crippen molar-refractivity contribution in [2.45, 2.75) is 90.9 Å². The van der Waals surface area contributed by atoms with Gasteiger partial charge in [-0.05, 0) is 51.9 Å². The van der Waals surface area contributed by atoms with Gasteiger partial charge >= 0.3 is 0 Å². The molecule has 0 atom stereocenters. The Labute approximate surface area is 183 Å². The van der Waals surface area contributed by atoms with Gasteiger partial charge in [0.1, 0.15) is 0 Å². The highest BCUT2D eigenvalue weighted by atomic mass is 16.1. The van der Waals surface area contributed by atoms with E-state index >= 15 is 0 Å². The minimum Gasteiger partial charge on any atom is -0.289 e. The molecule has 0 bridgehead atoms. The van der Waals surface area contributed by atoms with Crippen LogP contribution >= 0.6 is 0 Å². The molecule has 0 spiro atoms. The van der Waals surface area contributed by atoms with E-state index in [1.165, 1.54) is 44.9 Å². The smallest absolute Gasteiger partial charge is 0.190 e. The quantitative estimate of drug-likeness (QED) is 0.230. The molecule has 0 saturated carbocycles. The number of hydrogen-bond donors (Lipinski definition) is 0.